The predicted octanol–water partition coefficient (Wildman–Crippen LogP) is 4.08. The SMILES string of the molecule is CCCCC(CC)(CC)N(CC)CC. The Morgan fingerprint density at radius 3 is 1.64 bits per heavy atom. The zero-order valence-electron chi connectivity index (χ0n) is 10.9. The van der Waals surface area contributed by atoms with Crippen LogP contribution < -0.4 is 0 Å². The van der Waals surface area contributed by atoms with Crippen LogP contribution in [0.25, 0.3) is 0 Å². The third kappa shape index (κ3) is 3.27. The molecule has 0 spiro atoms. The van der Waals surface area contributed by atoms with E-state index in [0.29, 0.717) is 5.54 Å². The lowest BCUT2D eigenvalue weighted by molar-refractivity contribution is 0.0779. The first-order chi connectivity index (χ1) is 6.70. The minimum Gasteiger partial charge on any atom is -0.298 e. The van der Waals surface area contributed by atoms with Gasteiger partial charge in [-0.2, -0.15) is 0 Å². The first-order valence-corrected chi connectivity index (χ1v) is 6.45. The molecule has 0 aromatic heterocycles. The van der Waals surface area contributed by atoms with Gasteiger partial charge >= 0.3 is 0 Å². The Morgan fingerprint density at radius 1 is 0.857 bits per heavy atom. The van der Waals surface area contributed by atoms with Gasteiger partial charge in [0.05, 0.1) is 0 Å². The van der Waals surface area contributed by atoms with Crippen molar-refractivity contribution in [3.63, 3.8) is 0 Å². The Labute approximate surface area is 90.9 Å². The second-order valence-corrected chi connectivity index (χ2v) is 4.21. The molecule has 0 fully saturated rings. The van der Waals surface area contributed by atoms with Crippen LogP contribution in [-0.2, 0) is 0 Å². The average molecular weight is 199 g/mol. The molecule has 1 nitrogen and oxygen atoms in total. The number of hydrogen-bond donors (Lipinski definition) is 0. The van der Waals surface area contributed by atoms with Crippen LogP contribution in [0.3, 0.4) is 0 Å². The molecule has 0 N–H and O–H groups in total. The highest BCUT2D eigenvalue weighted by atomic mass is 15.2. The van der Waals surface area contributed by atoms with Gasteiger partial charge in [0.15, 0.2) is 0 Å². The molecule has 86 valence electrons. The van der Waals surface area contributed by atoms with Crippen molar-refractivity contribution >= 4 is 0 Å². The van der Waals surface area contributed by atoms with Crippen molar-refractivity contribution in [3.8, 4) is 0 Å². The van der Waals surface area contributed by atoms with Gasteiger partial charge in [0, 0.05) is 5.54 Å². The smallest absolute Gasteiger partial charge is 0.0204 e. The first kappa shape index (κ1) is 14.0. The van der Waals surface area contributed by atoms with Crippen LogP contribution in [0.2, 0.25) is 0 Å². The van der Waals surface area contributed by atoms with E-state index in [9.17, 15) is 0 Å². The fraction of sp³-hybridized carbons (Fsp3) is 1.00. The molecule has 0 heterocycles. The summed E-state index contributed by atoms with van der Waals surface area (Å²) in [7, 11) is 0. The molecule has 0 aromatic rings. The van der Waals surface area contributed by atoms with E-state index in [-0.39, 0.29) is 0 Å². The molecule has 0 radical (unpaired) electrons. The van der Waals surface area contributed by atoms with Gasteiger partial charge in [0.25, 0.3) is 0 Å². The maximum absolute atomic E-state index is 2.66. The van der Waals surface area contributed by atoms with E-state index in [1.165, 1.54) is 45.2 Å². The van der Waals surface area contributed by atoms with E-state index in [1.54, 1.807) is 0 Å². The summed E-state index contributed by atoms with van der Waals surface area (Å²) in [5.74, 6) is 0. The van der Waals surface area contributed by atoms with Crippen molar-refractivity contribution in [3.05, 3.63) is 0 Å². The molecule has 0 aromatic carbocycles. The van der Waals surface area contributed by atoms with Crippen LogP contribution >= 0.6 is 0 Å². The van der Waals surface area contributed by atoms with E-state index in [1.807, 2.05) is 0 Å². The Kier molecular flexibility index (Phi) is 7.26. The molecule has 1 heteroatoms. The average Bonchev–Trinajstić information content (AvgIpc) is 2.24. The molecule has 0 saturated heterocycles. The van der Waals surface area contributed by atoms with Gasteiger partial charge in [-0.05, 0) is 32.4 Å². The van der Waals surface area contributed by atoms with Crippen LogP contribution in [0.15, 0.2) is 0 Å². The minimum atomic E-state index is 0.486. The normalized spacial score (nSPS) is 12.4. The zero-order valence-corrected chi connectivity index (χ0v) is 10.9. The van der Waals surface area contributed by atoms with Crippen molar-refractivity contribution in [1.82, 2.24) is 4.90 Å². The molecule has 14 heavy (non-hydrogen) atoms. The van der Waals surface area contributed by atoms with Crippen LogP contribution in [0.5, 0.6) is 0 Å². The maximum Gasteiger partial charge on any atom is 0.0204 e. The molecule has 0 aliphatic carbocycles. The molecule has 0 amide bonds. The Bertz CT molecular complexity index is 123. The number of nitrogens with zero attached hydrogens (tertiary/aromatic N) is 1. The summed E-state index contributed by atoms with van der Waals surface area (Å²) >= 11 is 0. The second-order valence-electron chi connectivity index (χ2n) is 4.21. The van der Waals surface area contributed by atoms with E-state index >= 15 is 0 Å². The quantitative estimate of drug-likeness (QED) is 0.569. The molecular formula is C13H29N. The van der Waals surface area contributed by atoms with Crippen molar-refractivity contribution in [2.45, 2.75) is 72.3 Å². The molecule has 0 aliphatic heterocycles. The number of unbranched alkanes of at least 4 members (excludes halogenated alkanes) is 1. The van der Waals surface area contributed by atoms with Crippen molar-refractivity contribution in [2.24, 2.45) is 0 Å². The third-order valence-electron chi connectivity index (χ3n) is 3.75. The van der Waals surface area contributed by atoms with Gasteiger partial charge in [-0.25, -0.2) is 0 Å². The Morgan fingerprint density at radius 2 is 1.36 bits per heavy atom. The summed E-state index contributed by atoms with van der Waals surface area (Å²) in [6.45, 7) is 13.9. The van der Waals surface area contributed by atoms with Gasteiger partial charge in [-0.1, -0.05) is 47.5 Å². The topological polar surface area (TPSA) is 3.24 Å². The third-order valence-corrected chi connectivity index (χ3v) is 3.75. The molecular weight excluding hydrogens is 170 g/mol. The van der Waals surface area contributed by atoms with Crippen LogP contribution in [-0.4, -0.2) is 23.5 Å². The molecule has 0 saturated carbocycles. The summed E-state index contributed by atoms with van der Waals surface area (Å²) in [6, 6.07) is 0. The van der Waals surface area contributed by atoms with E-state index < -0.39 is 0 Å². The highest BCUT2D eigenvalue weighted by Crippen LogP contribution is 2.29. The van der Waals surface area contributed by atoms with E-state index in [0.717, 1.165) is 0 Å². The molecule has 0 unspecified atom stereocenters. The Balaban J connectivity index is 4.47. The number of rotatable bonds is 8. The second kappa shape index (κ2) is 7.28. The van der Waals surface area contributed by atoms with E-state index in [2.05, 4.69) is 39.5 Å². The zero-order chi connectivity index (χ0) is 11.0. The minimum absolute atomic E-state index is 0.486. The first-order valence-electron chi connectivity index (χ1n) is 6.45. The molecule has 0 bridgehead atoms. The fourth-order valence-electron chi connectivity index (χ4n) is 2.61. The molecule has 0 atom stereocenters. The summed E-state index contributed by atoms with van der Waals surface area (Å²) in [4.78, 5) is 2.66. The molecule has 0 aliphatic rings. The maximum atomic E-state index is 2.66. The standard InChI is InChI=1S/C13H29N/c1-6-11-12-13(7-2,8-3)14(9-4)10-5/h6-12H2,1-5H3. The summed E-state index contributed by atoms with van der Waals surface area (Å²) in [5.41, 5.74) is 0.486. The molecule has 0 rings (SSSR count). The highest BCUT2D eigenvalue weighted by Gasteiger charge is 2.30. The van der Waals surface area contributed by atoms with Gasteiger partial charge in [-0.3, -0.25) is 4.90 Å². The lowest BCUT2D eigenvalue weighted by Crippen LogP contribution is -2.47. The van der Waals surface area contributed by atoms with Gasteiger partial charge in [0.2, 0.25) is 0 Å². The lowest BCUT2D eigenvalue weighted by Gasteiger charge is -2.42. The van der Waals surface area contributed by atoms with Gasteiger partial charge in [0.1, 0.15) is 0 Å². The summed E-state index contributed by atoms with van der Waals surface area (Å²) in [6.07, 6.45) is 6.66. The number of hydrogen-bond acceptors (Lipinski definition) is 1. The van der Waals surface area contributed by atoms with Crippen LogP contribution in [0, 0.1) is 0 Å². The van der Waals surface area contributed by atoms with Crippen LogP contribution in [0.4, 0.5) is 0 Å². The lowest BCUT2D eigenvalue weighted by atomic mass is 9.85. The van der Waals surface area contributed by atoms with E-state index in [4.69, 9.17) is 0 Å². The predicted molar refractivity (Wildman–Crippen MR) is 65.8 cm³/mol. The van der Waals surface area contributed by atoms with Crippen molar-refractivity contribution in [1.29, 1.82) is 0 Å². The fourth-order valence-corrected chi connectivity index (χ4v) is 2.61. The van der Waals surface area contributed by atoms with Crippen molar-refractivity contribution in [2.75, 3.05) is 13.1 Å². The highest BCUT2D eigenvalue weighted by molar-refractivity contribution is 4.87. The van der Waals surface area contributed by atoms with Crippen molar-refractivity contribution < 1.29 is 0 Å². The monoisotopic (exact) mass is 199 g/mol. The van der Waals surface area contributed by atoms with Gasteiger partial charge < -0.3 is 0 Å². The van der Waals surface area contributed by atoms with Gasteiger partial charge in [-0.15, -0.1) is 0 Å². The van der Waals surface area contributed by atoms with Crippen LogP contribution in [0.1, 0.15) is 66.7 Å². The summed E-state index contributed by atoms with van der Waals surface area (Å²) in [5, 5.41) is 0. The Hall–Kier alpha value is -0.0400. The summed E-state index contributed by atoms with van der Waals surface area (Å²) < 4.78 is 0. The largest absolute Gasteiger partial charge is 0.298 e.